The fraction of sp³-hybridized carbons (Fsp3) is 0.441. The van der Waals surface area contributed by atoms with Crippen LogP contribution in [-0.4, -0.2) is 66.5 Å². The number of carbonyl (C=O) groups is 1. The molecule has 0 radical (unpaired) electrons. The van der Waals surface area contributed by atoms with Crippen LogP contribution in [0.15, 0.2) is 83.8 Å². The summed E-state index contributed by atoms with van der Waals surface area (Å²) in [5, 5.41) is 11.3. The van der Waals surface area contributed by atoms with Crippen molar-refractivity contribution in [3.63, 3.8) is 0 Å². The monoisotopic (exact) mass is 593 g/mol. The second kappa shape index (κ2) is 15.4. The van der Waals surface area contributed by atoms with E-state index in [1.807, 2.05) is 81.6 Å². The van der Waals surface area contributed by atoms with E-state index >= 15 is 0 Å². The summed E-state index contributed by atoms with van der Waals surface area (Å²) in [5.41, 5.74) is 2.50. The molecule has 1 aliphatic rings. The maximum Gasteiger partial charge on any atom is 0.410 e. The number of hydrogen-bond donors (Lipinski definition) is 1. The highest BCUT2D eigenvalue weighted by atomic mass is 32.2. The summed E-state index contributed by atoms with van der Waals surface area (Å²) < 4.78 is 23.7. The van der Waals surface area contributed by atoms with Crippen LogP contribution in [0.5, 0.6) is 5.75 Å². The Bertz CT molecular complexity index is 1230. The minimum absolute atomic E-state index is 0.170. The van der Waals surface area contributed by atoms with Crippen molar-refractivity contribution in [2.75, 3.05) is 32.6 Å². The Kier molecular flexibility index (Phi) is 11.7. The Balaban J connectivity index is 1.36. The van der Waals surface area contributed by atoms with Gasteiger partial charge in [-0.25, -0.2) is 4.79 Å². The Morgan fingerprint density at radius 3 is 2.26 bits per heavy atom. The number of likely N-dealkylation sites (tertiary alicyclic amines) is 1. The van der Waals surface area contributed by atoms with E-state index in [9.17, 15) is 9.90 Å². The van der Waals surface area contributed by atoms with Crippen LogP contribution in [0.1, 0.15) is 49.8 Å². The van der Waals surface area contributed by atoms with Crippen LogP contribution in [0.25, 0.3) is 0 Å². The topological polar surface area (TPSA) is 77.5 Å². The van der Waals surface area contributed by atoms with Gasteiger partial charge >= 0.3 is 6.09 Å². The summed E-state index contributed by atoms with van der Waals surface area (Å²) in [6.45, 7) is 8.13. The number of thioether (sulfide) groups is 1. The molecule has 3 unspecified atom stereocenters. The quantitative estimate of drug-likeness (QED) is 0.186. The molecule has 7 nitrogen and oxygen atoms in total. The summed E-state index contributed by atoms with van der Waals surface area (Å²) in [6.07, 6.45) is 1.14. The van der Waals surface area contributed by atoms with Crippen molar-refractivity contribution in [1.82, 2.24) is 4.90 Å². The molecular formula is C34H43NO6S. The molecule has 4 rings (SSSR count). The number of ether oxygens (including phenoxy) is 4. The number of benzene rings is 3. The van der Waals surface area contributed by atoms with Crippen LogP contribution in [0.2, 0.25) is 0 Å². The van der Waals surface area contributed by atoms with Crippen molar-refractivity contribution in [3.8, 4) is 5.75 Å². The molecule has 3 aromatic carbocycles. The van der Waals surface area contributed by atoms with Crippen LogP contribution >= 0.6 is 11.8 Å². The standard InChI is InChI=1S/C34H43NO6S/c1-34(2,3)41-33(37)35-21-30(36)32(31(22-35)40-24-26-11-17-29(42-4)18-12-26)27-13-15-28(16-14-27)39-20-8-19-38-23-25-9-6-5-7-10-25/h5-7,9-18,30-32,36H,8,19-24H2,1-4H3. The Labute approximate surface area is 254 Å². The number of aliphatic hydroxyl groups excluding tert-OH is 1. The largest absolute Gasteiger partial charge is 0.494 e. The van der Waals surface area contributed by atoms with Gasteiger partial charge in [0.2, 0.25) is 0 Å². The molecule has 0 aromatic heterocycles. The second-order valence-corrected chi connectivity index (χ2v) is 12.4. The van der Waals surface area contributed by atoms with Gasteiger partial charge in [-0.3, -0.25) is 0 Å². The van der Waals surface area contributed by atoms with Gasteiger partial charge in [-0.2, -0.15) is 0 Å². The molecule has 0 saturated carbocycles. The average molecular weight is 594 g/mol. The van der Waals surface area contributed by atoms with Crippen molar-refractivity contribution >= 4 is 17.9 Å². The van der Waals surface area contributed by atoms with Crippen LogP contribution in [-0.2, 0) is 27.4 Å². The minimum Gasteiger partial charge on any atom is -0.494 e. The van der Waals surface area contributed by atoms with E-state index in [0.29, 0.717) is 33.0 Å². The first-order valence-corrected chi connectivity index (χ1v) is 15.7. The molecule has 1 fully saturated rings. The van der Waals surface area contributed by atoms with E-state index in [1.165, 1.54) is 4.90 Å². The number of nitrogens with zero attached hydrogens (tertiary/aromatic N) is 1. The summed E-state index contributed by atoms with van der Waals surface area (Å²) >= 11 is 1.69. The molecule has 1 heterocycles. The van der Waals surface area contributed by atoms with E-state index in [1.54, 1.807) is 16.7 Å². The molecule has 1 aliphatic heterocycles. The summed E-state index contributed by atoms with van der Waals surface area (Å²) in [4.78, 5) is 15.6. The van der Waals surface area contributed by atoms with Gasteiger partial charge in [0.25, 0.3) is 0 Å². The van der Waals surface area contributed by atoms with Crippen LogP contribution in [0.3, 0.4) is 0 Å². The molecule has 3 atom stereocenters. The van der Waals surface area contributed by atoms with Crippen molar-refractivity contribution in [3.05, 3.63) is 95.6 Å². The smallest absolute Gasteiger partial charge is 0.410 e. The van der Waals surface area contributed by atoms with Crippen LogP contribution in [0.4, 0.5) is 4.79 Å². The maximum absolute atomic E-state index is 12.9. The van der Waals surface area contributed by atoms with E-state index in [-0.39, 0.29) is 12.5 Å². The van der Waals surface area contributed by atoms with Gasteiger partial charge in [-0.1, -0.05) is 54.6 Å². The molecule has 1 amide bonds. The van der Waals surface area contributed by atoms with Gasteiger partial charge in [0.05, 0.1) is 51.7 Å². The van der Waals surface area contributed by atoms with Crippen molar-refractivity contribution in [2.45, 2.75) is 69.0 Å². The fourth-order valence-electron chi connectivity index (χ4n) is 4.89. The molecular weight excluding hydrogens is 550 g/mol. The first kappa shape index (κ1) is 31.9. The van der Waals surface area contributed by atoms with Gasteiger partial charge in [0.15, 0.2) is 0 Å². The number of hydrogen-bond acceptors (Lipinski definition) is 7. The SMILES string of the molecule is CSc1ccc(COC2CN(C(=O)OC(C)(C)C)CC(O)C2c2ccc(OCCCOCc3ccccc3)cc2)cc1. The molecule has 1 saturated heterocycles. The summed E-state index contributed by atoms with van der Waals surface area (Å²) in [6, 6.07) is 26.1. The first-order valence-electron chi connectivity index (χ1n) is 14.5. The number of β-amino-alcohol motifs (C(OH)–C–C–N with tert-alkyl or cyclic N) is 1. The van der Waals surface area contributed by atoms with Gasteiger partial charge < -0.3 is 29.0 Å². The molecule has 0 spiro atoms. The number of carbonyl (C=O) groups excluding carboxylic acids is 1. The third-order valence-corrected chi connectivity index (χ3v) is 7.72. The molecule has 0 bridgehead atoms. The van der Waals surface area contributed by atoms with E-state index < -0.39 is 23.9 Å². The van der Waals surface area contributed by atoms with Crippen LogP contribution < -0.4 is 4.74 Å². The number of amides is 1. The highest BCUT2D eigenvalue weighted by molar-refractivity contribution is 7.98. The highest BCUT2D eigenvalue weighted by Crippen LogP contribution is 2.33. The van der Waals surface area contributed by atoms with Gasteiger partial charge in [-0.05, 0) is 68.0 Å². The minimum atomic E-state index is -0.816. The number of aliphatic hydroxyl groups is 1. The van der Waals surface area contributed by atoms with Gasteiger partial charge in [0.1, 0.15) is 11.4 Å². The van der Waals surface area contributed by atoms with Crippen molar-refractivity contribution in [1.29, 1.82) is 0 Å². The maximum atomic E-state index is 12.9. The first-order chi connectivity index (χ1) is 20.2. The predicted octanol–water partition coefficient (Wildman–Crippen LogP) is 6.67. The Morgan fingerprint density at radius 2 is 1.60 bits per heavy atom. The lowest BCUT2D eigenvalue weighted by Crippen LogP contribution is -2.54. The zero-order valence-corrected chi connectivity index (χ0v) is 25.8. The van der Waals surface area contributed by atoms with Gasteiger partial charge in [-0.15, -0.1) is 11.8 Å². The predicted molar refractivity (Wildman–Crippen MR) is 166 cm³/mol. The van der Waals surface area contributed by atoms with E-state index in [2.05, 4.69) is 24.3 Å². The molecule has 226 valence electrons. The third-order valence-electron chi connectivity index (χ3n) is 6.98. The highest BCUT2D eigenvalue weighted by Gasteiger charge is 2.40. The Hall–Kier alpha value is -3.04. The normalized spacial score (nSPS) is 19.0. The molecule has 8 heteroatoms. The molecule has 1 N–H and O–H groups in total. The number of rotatable bonds is 12. The summed E-state index contributed by atoms with van der Waals surface area (Å²) in [5.74, 6) is 0.448. The lowest BCUT2D eigenvalue weighted by atomic mass is 9.84. The van der Waals surface area contributed by atoms with E-state index in [0.717, 1.165) is 28.9 Å². The second-order valence-electron chi connectivity index (χ2n) is 11.5. The average Bonchev–Trinajstić information content (AvgIpc) is 2.98. The Morgan fingerprint density at radius 1 is 0.905 bits per heavy atom. The van der Waals surface area contributed by atoms with Gasteiger partial charge in [0, 0.05) is 17.2 Å². The molecule has 42 heavy (non-hydrogen) atoms. The van der Waals surface area contributed by atoms with Crippen molar-refractivity contribution < 1.29 is 28.8 Å². The van der Waals surface area contributed by atoms with Crippen LogP contribution in [0, 0.1) is 0 Å². The lowest BCUT2D eigenvalue weighted by molar-refractivity contribution is -0.0756. The van der Waals surface area contributed by atoms with E-state index in [4.69, 9.17) is 18.9 Å². The third kappa shape index (κ3) is 9.76. The molecule has 0 aliphatic carbocycles. The number of piperidine rings is 1. The zero-order chi connectivity index (χ0) is 30.0. The van der Waals surface area contributed by atoms with Crippen molar-refractivity contribution in [2.24, 2.45) is 0 Å². The summed E-state index contributed by atoms with van der Waals surface area (Å²) in [7, 11) is 0. The lowest BCUT2D eigenvalue weighted by Gasteiger charge is -2.42. The molecule has 3 aromatic rings. The zero-order valence-electron chi connectivity index (χ0n) is 25.0. The fourth-order valence-corrected chi connectivity index (χ4v) is 5.30.